The van der Waals surface area contributed by atoms with E-state index in [0.717, 1.165) is 5.69 Å². The third-order valence-electron chi connectivity index (χ3n) is 2.87. The Morgan fingerprint density at radius 2 is 1.85 bits per heavy atom. The molecule has 98 valence electrons. The summed E-state index contributed by atoms with van der Waals surface area (Å²) in [7, 11) is 0. The van der Waals surface area contributed by atoms with E-state index in [1.54, 1.807) is 12.3 Å². The van der Waals surface area contributed by atoms with Gasteiger partial charge in [-0.3, -0.25) is 14.7 Å². The van der Waals surface area contributed by atoms with Crippen LogP contribution in [0.15, 0.2) is 60.4 Å². The minimum absolute atomic E-state index is 0.174. The molecule has 0 saturated carbocycles. The Kier molecular flexibility index (Phi) is 3.26. The lowest BCUT2D eigenvalue weighted by Crippen LogP contribution is -2.30. The molecule has 2 aromatic rings. The van der Waals surface area contributed by atoms with Crippen LogP contribution in [0.3, 0.4) is 0 Å². The van der Waals surface area contributed by atoms with Crippen molar-refractivity contribution in [1.82, 2.24) is 10.3 Å². The topological polar surface area (TPSA) is 45.2 Å². The zero-order valence-corrected chi connectivity index (χ0v) is 11.3. The maximum absolute atomic E-state index is 12.4. The summed E-state index contributed by atoms with van der Waals surface area (Å²) in [5.41, 5.74) is 1.89. The van der Waals surface area contributed by atoms with E-state index >= 15 is 0 Å². The average Bonchev–Trinajstić information content (AvgIpc) is 2.75. The van der Waals surface area contributed by atoms with E-state index in [1.807, 2.05) is 48.5 Å². The molecule has 1 amide bonds. The second-order valence-corrected chi connectivity index (χ2v) is 4.61. The van der Waals surface area contributed by atoms with Gasteiger partial charge in [-0.25, -0.2) is 0 Å². The van der Waals surface area contributed by atoms with Crippen molar-refractivity contribution in [1.29, 1.82) is 0 Å². The summed E-state index contributed by atoms with van der Waals surface area (Å²) in [5, 5.41) is 3.31. The molecule has 1 fully saturated rings. The second-order valence-electron chi connectivity index (χ2n) is 4.22. The molecule has 0 unspecified atom stereocenters. The number of nitrogens with zero attached hydrogens (tertiary/aromatic N) is 2. The number of nitrogens with one attached hydrogen (secondary N) is 1. The van der Waals surface area contributed by atoms with Gasteiger partial charge in [-0.2, -0.15) is 0 Å². The molecular weight excluding hydrogens is 270 g/mol. The van der Waals surface area contributed by atoms with E-state index in [1.165, 1.54) is 4.90 Å². The van der Waals surface area contributed by atoms with Gasteiger partial charge in [0.2, 0.25) is 0 Å². The molecule has 0 spiro atoms. The van der Waals surface area contributed by atoms with Crippen LogP contribution < -0.4 is 10.2 Å². The van der Waals surface area contributed by atoms with Gasteiger partial charge >= 0.3 is 0 Å². The van der Waals surface area contributed by atoms with Crippen LogP contribution in [-0.4, -0.2) is 16.0 Å². The highest BCUT2D eigenvalue weighted by Crippen LogP contribution is 2.21. The molecule has 2 heterocycles. The highest BCUT2D eigenvalue weighted by molar-refractivity contribution is 7.80. The number of carbonyl (C=O) groups is 1. The second kappa shape index (κ2) is 5.22. The number of hydrogen-bond donors (Lipinski definition) is 1. The predicted molar refractivity (Wildman–Crippen MR) is 81.9 cm³/mol. The van der Waals surface area contributed by atoms with Crippen LogP contribution >= 0.6 is 12.2 Å². The number of rotatable bonds is 2. The molecule has 1 aliphatic rings. The number of hydrogen-bond acceptors (Lipinski definition) is 3. The van der Waals surface area contributed by atoms with Gasteiger partial charge in [-0.15, -0.1) is 0 Å². The lowest BCUT2D eigenvalue weighted by molar-refractivity contribution is -0.113. The van der Waals surface area contributed by atoms with E-state index < -0.39 is 0 Å². The number of benzene rings is 1. The van der Waals surface area contributed by atoms with Gasteiger partial charge in [0.25, 0.3) is 5.91 Å². The smallest absolute Gasteiger partial charge is 0.281 e. The molecule has 5 heteroatoms. The molecule has 20 heavy (non-hydrogen) atoms. The van der Waals surface area contributed by atoms with Crippen LogP contribution in [0, 0.1) is 0 Å². The summed E-state index contributed by atoms with van der Waals surface area (Å²) in [5.74, 6) is -0.174. The van der Waals surface area contributed by atoms with Crippen molar-refractivity contribution in [2.24, 2.45) is 0 Å². The first kappa shape index (κ1) is 12.5. The number of amides is 1. The van der Waals surface area contributed by atoms with Crippen molar-refractivity contribution in [3.63, 3.8) is 0 Å². The monoisotopic (exact) mass is 281 g/mol. The third kappa shape index (κ3) is 2.31. The van der Waals surface area contributed by atoms with Crippen molar-refractivity contribution in [2.75, 3.05) is 4.90 Å². The quantitative estimate of drug-likeness (QED) is 0.678. The van der Waals surface area contributed by atoms with Crippen molar-refractivity contribution >= 4 is 35.0 Å². The lowest BCUT2D eigenvalue weighted by atomic mass is 10.2. The van der Waals surface area contributed by atoms with Crippen molar-refractivity contribution in [2.45, 2.75) is 0 Å². The normalized spacial score (nSPS) is 16.6. The minimum atomic E-state index is -0.174. The zero-order chi connectivity index (χ0) is 13.9. The lowest BCUT2D eigenvalue weighted by Gasteiger charge is -2.13. The largest absolute Gasteiger partial charge is 0.327 e. The fourth-order valence-corrected chi connectivity index (χ4v) is 2.25. The van der Waals surface area contributed by atoms with Crippen LogP contribution in [0.1, 0.15) is 5.69 Å². The molecule has 1 aromatic carbocycles. The SMILES string of the molecule is O=C1C(=Cc2ccccn2)NC(=S)N1c1ccccc1. The van der Waals surface area contributed by atoms with E-state index in [9.17, 15) is 4.79 Å². The molecule has 0 aliphatic carbocycles. The molecule has 3 rings (SSSR count). The molecule has 1 N–H and O–H groups in total. The maximum Gasteiger partial charge on any atom is 0.281 e. The molecule has 0 radical (unpaired) electrons. The zero-order valence-electron chi connectivity index (χ0n) is 10.5. The minimum Gasteiger partial charge on any atom is -0.327 e. The number of aromatic nitrogens is 1. The predicted octanol–water partition coefficient (Wildman–Crippen LogP) is 2.34. The number of thiocarbonyl (C=S) groups is 1. The van der Waals surface area contributed by atoms with E-state index in [-0.39, 0.29) is 5.91 Å². The number of anilines is 1. The van der Waals surface area contributed by atoms with Gasteiger partial charge in [0.1, 0.15) is 5.70 Å². The summed E-state index contributed by atoms with van der Waals surface area (Å²) in [6.45, 7) is 0. The fourth-order valence-electron chi connectivity index (χ4n) is 1.96. The van der Waals surface area contributed by atoms with Crippen LogP contribution in [0.2, 0.25) is 0 Å². The summed E-state index contributed by atoms with van der Waals surface area (Å²) in [6.07, 6.45) is 3.37. The molecule has 1 saturated heterocycles. The Morgan fingerprint density at radius 3 is 2.55 bits per heavy atom. The first-order valence-corrected chi connectivity index (χ1v) is 6.50. The van der Waals surface area contributed by atoms with E-state index in [4.69, 9.17) is 12.2 Å². The van der Waals surface area contributed by atoms with Gasteiger partial charge in [0.05, 0.1) is 11.4 Å². The Balaban J connectivity index is 1.93. The van der Waals surface area contributed by atoms with Crippen LogP contribution in [0.5, 0.6) is 0 Å². The first-order chi connectivity index (χ1) is 9.75. The highest BCUT2D eigenvalue weighted by atomic mass is 32.1. The molecule has 1 aromatic heterocycles. The number of carbonyl (C=O) groups excluding carboxylic acids is 1. The van der Waals surface area contributed by atoms with Gasteiger partial charge in [-0.05, 0) is 42.6 Å². The molecule has 0 atom stereocenters. The van der Waals surface area contributed by atoms with E-state index in [0.29, 0.717) is 16.5 Å². The number of para-hydroxylation sites is 1. The summed E-state index contributed by atoms with van der Waals surface area (Å²) in [4.78, 5) is 18.0. The fraction of sp³-hybridized carbons (Fsp3) is 0. The molecule has 4 nitrogen and oxygen atoms in total. The van der Waals surface area contributed by atoms with Crippen LogP contribution in [0.25, 0.3) is 6.08 Å². The highest BCUT2D eigenvalue weighted by Gasteiger charge is 2.31. The van der Waals surface area contributed by atoms with E-state index in [2.05, 4.69) is 10.3 Å². The first-order valence-electron chi connectivity index (χ1n) is 6.09. The van der Waals surface area contributed by atoms with Crippen molar-refractivity contribution < 1.29 is 4.79 Å². The van der Waals surface area contributed by atoms with Crippen molar-refractivity contribution in [3.05, 3.63) is 66.1 Å². The van der Waals surface area contributed by atoms with Crippen LogP contribution in [0.4, 0.5) is 5.69 Å². The summed E-state index contributed by atoms with van der Waals surface area (Å²) in [6, 6.07) is 14.8. The van der Waals surface area contributed by atoms with Gasteiger partial charge in [-0.1, -0.05) is 24.3 Å². The Labute approximate surface area is 121 Å². The van der Waals surface area contributed by atoms with Gasteiger partial charge in [0.15, 0.2) is 5.11 Å². The van der Waals surface area contributed by atoms with Gasteiger partial charge < -0.3 is 5.32 Å². The maximum atomic E-state index is 12.4. The Bertz CT molecular complexity index is 683. The summed E-state index contributed by atoms with van der Waals surface area (Å²) >= 11 is 5.23. The molecular formula is C15H11N3OS. The van der Waals surface area contributed by atoms with Crippen molar-refractivity contribution in [3.8, 4) is 0 Å². The Morgan fingerprint density at radius 1 is 1.10 bits per heavy atom. The average molecular weight is 281 g/mol. The van der Waals surface area contributed by atoms with Crippen LogP contribution in [-0.2, 0) is 4.79 Å². The molecule has 0 bridgehead atoms. The third-order valence-corrected chi connectivity index (χ3v) is 3.16. The standard InChI is InChI=1S/C15H11N3OS/c19-14-13(10-11-6-4-5-9-16-11)17-15(20)18(14)12-7-2-1-3-8-12/h1-10H,(H,17,20). The Hall–Kier alpha value is -2.53. The number of pyridine rings is 1. The summed E-state index contributed by atoms with van der Waals surface area (Å²) < 4.78 is 0. The van der Waals surface area contributed by atoms with Gasteiger partial charge in [0, 0.05) is 6.20 Å². The molecule has 1 aliphatic heterocycles.